The van der Waals surface area contributed by atoms with E-state index in [4.69, 9.17) is 23.1 Å². The van der Waals surface area contributed by atoms with Crippen LogP contribution >= 0.6 is 11.6 Å². The molecule has 0 spiro atoms. The lowest BCUT2D eigenvalue weighted by molar-refractivity contribution is -0.124. The Morgan fingerprint density at radius 2 is 1.65 bits per heavy atom. The van der Waals surface area contributed by atoms with Crippen LogP contribution < -0.4 is 21.3 Å². The SMILES string of the molecule is NC(=O)CC(C(N)=O)N(C(=O)c1ccc(N2CCCCC2=O)cc1)c1ccc(Cl)cc1. The molecule has 0 aromatic heterocycles. The van der Waals surface area contributed by atoms with E-state index >= 15 is 0 Å². The smallest absolute Gasteiger partial charge is 0.259 e. The minimum atomic E-state index is -1.27. The van der Waals surface area contributed by atoms with Gasteiger partial charge in [0, 0.05) is 34.9 Å². The van der Waals surface area contributed by atoms with Gasteiger partial charge in [0.05, 0.1) is 6.42 Å². The van der Waals surface area contributed by atoms with Crippen LogP contribution in [0.5, 0.6) is 0 Å². The normalized spacial score (nSPS) is 14.7. The molecule has 1 aliphatic rings. The zero-order valence-corrected chi connectivity index (χ0v) is 17.5. The second-order valence-corrected chi connectivity index (χ2v) is 7.73. The van der Waals surface area contributed by atoms with Gasteiger partial charge in [0.15, 0.2) is 0 Å². The summed E-state index contributed by atoms with van der Waals surface area (Å²) in [6.07, 6.45) is 1.86. The number of hydrogen-bond acceptors (Lipinski definition) is 4. The van der Waals surface area contributed by atoms with Crippen LogP contribution in [-0.4, -0.2) is 36.2 Å². The van der Waals surface area contributed by atoms with Gasteiger partial charge in [0.25, 0.3) is 5.91 Å². The molecule has 162 valence electrons. The topological polar surface area (TPSA) is 127 Å². The van der Waals surface area contributed by atoms with E-state index in [0.29, 0.717) is 29.4 Å². The highest BCUT2D eigenvalue weighted by molar-refractivity contribution is 6.30. The molecular weight excluding hydrogens is 420 g/mol. The number of primary amides is 2. The van der Waals surface area contributed by atoms with E-state index in [0.717, 1.165) is 17.7 Å². The molecule has 0 saturated carbocycles. The molecule has 1 aliphatic heterocycles. The van der Waals surface area contributed by atoms with E-state index in [1.54, 1.807) is 53.4 Å². The number of rotatable bonds is 7. The van der Waals surface area contributed by atoms with E-state index in [9.17, 15) is 19.2 Å². The maximum Gasteiger partial charge on any atom is 0.259 e. The standard InChI is InChI=1S/C22H23ClN4O4/c23-15-6-10-17(11-7-15)27(18(21(25)30)13-19(24)28)22(31)14-4-8-16(9-5-14)26-12-2-1-3-20(26)29/h4-11,18H,1-3,12-13H2,(H2,24,28)(H2,25,30). The van der Waals surface area contributed by atoms with Gasteiger partial charge in [-0.3, -0.25) is 24.1 Å². The molecule has 1 fully saturated rings. The molecule has 1 heterocycles. The predicted octanol–water partition coefficient (Wildman–Crippen LogP) is 2.23. The Labute approximate surface area is 184 Å². The van der Waals surface area contributed by atoms with Crippen LogP contribution in [0.1, 0.15) is 36.0 Å². The van der Waals surface area contributed by atoms with Crippen molar-refractivity contribution in [1.82, 2.24) is 0 Å². The van der Waals surface area contributed by atoms with Crippen molar-refractivity contribution in [2.45, 2.75) is 31.7 Å². The monoisotopic (exact) mass is 442 g/mol. The molecule has 31 heavy (non-hydrogen) atoms. The average molecular weight is 443 g/mol. The molecule has 2 aromatic rings. The molecule has 4 N–H and O–H groups in total. The lowest BCUT2D eigenvalue weighted by Crippen LogP contribution is -2.50. The van der Waals surface area contributed by atoms with Crippen molar-refractivity contribution in [3.05, 3.63) is 59.1 Å². The Morgan fingerprint density at radius 1 is 1.00 bits per heavy atom. The second-order valence-electron chi connectivity index (χ2n) is 7.29. The zero-order valence-electron chi connectivity index (χ0n) is 16.8. The molecular formula is C22H23ClN4O4. The Balaban J connectivity index is 1.95. The number of nitrogens with zero attached hydrogens (tertiary/aromatic N) is 2. The van der Waals surface area contributed by atoms with Crippen molar-refractivity contribution < 1.29 is 19.2 Å². The summed E-state index contributed by atoms with van der Waals surface area (Å²) >= 11 is 5.94. The Bertz CT molecular complexity index is 992. The number of halogens is 1. The average Bonchev–Trinajstić information content (AvgIpc) is 2.74. The van der Waals surface area contributed by atoms with Crippen LogP contribution in [0.25, 0.3) is 0 Å². The third kappa shape index (κ3) is 5.21. The molecule has 8 nitrogen and oxygen atoms in total. The number of hydrogen-bond donors (Lipinski definition) is 2. The zero-order chi connectivity index (χ0) is 22.5. The first kappa shape index (κ1) is 22.3. The van der Waals surface area contributed by atoms with Gasteiger partial charge in [0.1, 0.15) is 6.04 Å². The first-order valence-corrected chi connectivity index (χ1v) is 10.2. The predicted molar refractivity (Wildman–Crippen MR) is 118 cm³/mol. The van der Waals surface area contributed by atoms with E-state index < -0.39 is 30.2 Å². The van der Waals surface area contributed by atoms with Gasteiger partial charge in [-0.25, -0.2) is 0 Å². The number of nitrogens with two attached hydrogens (primary N) is 2. The summed E-state index contributed by atoms with van der Waals surface area (Å²) in [6, 6.07) is 11.5. The molecule has 1 saturated heterocycles. The highest BCUT2D eigenvalue weighted by Gasteiger charge is 2.32. The van der Waals surface area contributed by atoms with Crippen molar-refractivity contribution >= 4 is 46.6 Å². The highest BCUT2D eigenvalue weighted by Crippen LogP contribution is 2.26. The fourth-order valence-electron chi connectivity index (χ4n) is 3.55. The molecule has 0 bridgehead atoms. The number of benzene rings is 2. The second kappa shape index (κ2) is 9.61. The first-order chi connectivity index (χ1) is 14.8. The van der Waals surface area contributed by atoms with Gasteiger partial charge >= 0.3 is 0 Å². The molecule has 3 rings (SSSR count). The van der Waals surface area contributed by atoms with Crippen LogP contribution in [-0.2, 0) is 14.4 Å². The largest absolute Gasteiger partial charge is 0.370 e. The van der Waals surface area contributed by atoms with E-state index in [1.165, 1.54) is 0 Å². The van der Waals surface area contributed by atoms with Crippen molar-refractivity contribution in [3.63, 3.8) is 0 Å². The number of carbonyl (C=O) groups excluding carboxylic acids is 4. The molecule has 1 unspecified atom stereocenters. The molecule has 0 aliphatic carbocycles. The van der Waals surface area contributed by atoms with Crippen LogP contribution in [0.15, 0.2) is 48.5 Å². The molecule has 9 heteroatoms. The van der Waals surface area contributed by atoms with Crippen LogP contribution in [0.3, 0.4) is 0 Å². The van der Waals surface area contributed by atoms with Gasteiger partial charge in [-0.2, -0.15) is 0 Å². The molecule has 4 amide bonds. The van der Waals surface area contributed by atoms with Gasteiger partial charge < -0.3 is 16.4 Å². The first-order valence-electron chi connectivity index (χ1n) is 9.85. The fraction of sp³-hybridized carbons (Fsp3) is 0.273. The third-order valence-electron chi connectivity index (χ3n) is 5.11. The number of anilines is 2. The highest BCUT2D eigenvalue weighted by atomic mass is 35.5. The van der Waals surface area contributed by atoms with Crippen LogP contribution in [0, 0.1) is 0 Å². The summed E-state index contributed by atoms with van der Waals surface area (Å²) in [4.78, 5) is 52.0. The van der Waals surface area contributed by atoms with E-state index in [2.05, 4.69) is 0 Å². The van der Waals surface area contributed by atoms with Crippen molar-refractivity contribution in [2.75, 3.05) is 16.3 Å². The Kier molecular flexibility index (Phi) is 6.91. The summed E-state index contributed by atoms with van der Waals surface area (Å²) in [7, 11) is 0. The lowest BCUT2D eigenvalue weighted by Gasteiger charge is -2.30. The molecule has 0 radical (unpaired) electrons. The van der Waals surface area contributed by atoms with Crippen molar-refractivity contribution in [2.24, 2.45) is 11.5 Å². The number of carbonyl (C=O) groups is 4. The minimum Gasteiger partial charge on any atom is -0.370 e. The maximum atomic E-state index is 13.4. The van der Waals surface area contributed by atoms with Crippen LogP contribution in [0.4, 0.5) is 11.4 Å². The summed E-state index contributed by atoms with van der Waals surface area (Å²) in [6.45, 7) is 0.630. The van der Waals surface area contributed by atoms with E-state index in [1.807, 2.05) is 0 Å². The number of piperidine rings is 1. The maximum absolute atomic E-state index is 13.4. The fourth-order valence-corrected chi connectivity index (χ4v) is 3.68. The third-order valence-corrected chi connectivity index (χ3v) is 5.36. The van der Waals surface area contributed by atoms with Gasteiger partial charge in [-0.1, -0.05) is 11.6 Å². The summed E-state index contributed by atoms with van der Waals surface area (Å²) < 4.78 is 0. The quantitative estimate of drug-likeness (QED) is 0.681. The van der Waals surface area contributed by atoms with Gasteiger partial charge in [-0.05, 0) is 61.4 Å². The van der Waals surface area contributed by atoms with Crippen molar-refractivity contribution in [3.8, 4) is 0 Å². The van der Waals surface area contributed by atoms with Gasteiger partial charge in [0.2, 0.25) is 17.7 Å². The summed E-state index contributed by atoms with van der Waals surface area (Å²) in [5.41, 5.74) is 12.1. The summed E-state index contributed by atoms with van der Waals surface area (Å²) in [5, 5.41) is 0.442. The van der Waals surface area contributed by atoms with E-state index in [-0.39, 0.29) is 11.5 Å². The summed E-state index contributed by atoms with van der Waals surface area (Å²) in [5.74, 6) is -2.13. The molecule has 1 atom stereocenters. The number of amides is 4. The Hall–Kier alpha value is -3.39. The van der Waals surface area contributed by atoms with Crippen molar-refractivity contribution in [1.29, 1.82) is 0 Å². The van der Waals surface area contributed by atoms with Crippen LogP contribution in [0.2, 0.25) is 5.02 Å². The lowest BCUT2D eigenvalue weighted by atomic mass is 10.1. The minimum absolute atomic E-state index is 0.0448. The Morgan fingerprint density at radius 3 is 2.19 bits per heavy atom. The molecule has 2 aromatic carbocycles. The van der Waals surface area contributed by atoms with Gasteiger partial charge in [-0.15, -0.1) is 0 Å².